The number of rotatable bonds is 7. The van der Waals surface area contributed by atoms with E-state index in [4.69, 9.17) is 4.74 Å². The summed E-state index contributed by atoms with van der Waals surface area (Å²) >= 11 is 1.65. The number of carbonyl (C=O) groups excluding carboxylic acids is 1. The Morgan fingerprint density at radius 1 is 1.19 bits per heavy atom. The van der Waals surface area contributed by atoms with Crippen molar-refractivity contribution in [3.8, 4) is 11.5 Å². The Kier molecular flexibility index (Phi) is 6.21. The summed E-state index contributed by atoms with van der Waals surface area (Å²) < 4.78 is 5.91. The van der Waals surface area contributed by atoms with Gasteiger partial charge in [0.05, 0.1) is 16.7 Å². The van der Waals surface area contributed by atoms with Crippen molar-refractivity contribution < 1.29 is 9.53 Å². The fraction of sp³-hybridized carbons (Fsp3) is 0.238. The zero-order valence-corrected chi connectivity index (χ0v) is 16.5. The third kappa shape index (κ3) is 5.15. The van der Waals surface area contributed by atoms with Crippen LogP contribution in [-0.4, -0.2) is 28.9 Å². The fourth-order valence-electron chi connectivity index (χ4n) is 2.57. The second kappa shape index (κ2) is 8.79. The number of amides is 1. The molecule has 0 saturated carbocycles. The molecule has 3 rings (SSSR count). The normalized spacial score (nSPS) is 12.0. The van der Waals surface area contributed by atoms with Crippen LogP contribution in [0.1, 0.15) is 16.8 Å². The predicted molar refractivity (Wildman–Crippen MR) is 109 cm³/mol. The van der Waals surface area contributed by atoms with Crippen LogP contribution in [0, 0.1) is 6.92 Å². The molecule has 1 unspecified atom stereocenters. The zero-order chi connectivity index (χ0) is 19.2. The van der Waals surface area contributed by atoms with Gasteiger partial charge >= 0.3 is 0 Å². The second-order valence-corrected chi connectivity index (χ2v) is 7.66. The number of ether oxygens (including phenoxy) is 1. The summed E-state index contributed by atoms with van der Waals surface area (Å²) in [5.41, 5.74) is 0.653. The highest BCUT2D eigenvalue weighted by molar-refractivity contribution is 7.11. The first-order valence-electron chi connectivity index (χ1n) is 8.77. The molecule has 27 heavy (non-hydrogen) atoms. The largest absolute Gasteiger partial charge is 0.455 e. The molecule has 0 aliphatic heterocycles. The standard InChI is InChI=1S/C21H23N3O2S/c1-15(24(3)14-18-13-22-16(2)27-18)21(25)23-19-11-7-8-12-20(19)26-17-9-5-4-6-10-17/h4-13,15H,14H2,1-3H3,(H,23,25). The van der Waals surface area contributed by atoms with E-state index in [0.717, 1.165) is 15.6 Å². The maximum absolute atomic E-state index is 12.7. The summed E-state index contributed by atoms with van der Waals surface area (Å²) in [5, 5.41) is 4.01. The van der Waals surface area contributed by atoms with Gasteiger partial charge in [-0.05, 0) is 45.2 Å². The molecule has 6 heteroatoms. The number of benzene rings is 2. The molecule has 1 aromatic heterocycles. The molecule has 140 valence electrons. The topological polar surface area (TPSA) is 54.5 Å². The highest BCUT2D eigenvalue weighted by Gasteiger charge is 2.20. The lowest BCUT2D eigenvalue weighted by atomic mass is 10.2. The first-order valence-corrected chi connectivity index (χ1v) is 9.59. The number of nitrogens with one attached hydrogen (secondary N) is 1. The quantitative estimate of drug-likeness (QED) is 0.644. The molecule has 0 radical (unpaired) electrons. The number of hydrogen-bond acceptors (Lipinski definition) is 5. The van der Waals surface area contributed by atoms with Crippen LogP contribution in [0.5, 0.6) is 11.5 Å². The third-order valence-corrected chi connectivity index (χ3v) is 5.13. The minimum absolute atomic E-state index is 0.0807. The van der Waals surface area contributed by atoms with Gasteiger partial charge in [-0.2, -0.15) is 0 Å². The Labute approximate surface area is 163 Å². The highest BCUT2D eigenvalue weighted by atomic mass is 32.1. The van der Waals surface area contributed by atoms with Crippen molar-refractivity contribution in [2.24, 2.45) is 0 Å². The van der Waals surface area contributed by atoms with Gasteiger partial charge in [0.15, 0.2) is 5.75 Å². The number of hydrogen-bond donors (Lipinski definition) is 1. The summed E-state index contributed by atoms with van der Waals surface area (Å²) in [6.45, 7) is 4.56. The lowest BCUT2D eigenvalue weighted by molar-refractivity contribution is -0.120. The number of aromatic nitrogens is 1. The van der Waals surface area contributed by atoms with Crippen LogP contribution >= 0.6 is 11.3 Å². The number of anilines is 1. The molecule has 0 saturated heterocycles. The van der Waals surface area contributed by atoms with Crippen molar-refractivity contribution in [2.75, 3.05) is 12.4 Å². The molecule has 1 N–H and O–H groups in total. The number of carbonyl (C=O) groups is 1. The van der Waals surface area contributed by atoms with E-state index in [0.29, 0.717) is 18.0 Å². The molecular formula is C21H23N3O2S. The van der Waals surface area contributed by atoms with Gasteiger partial charge in [0.1, 0.15) is 5.75 Å². The lowest BCUT2D eigenvalue weighted by Crippen LogP contribution is -2.39. The van der Waals surface area contributed by atoms with E-state index in [-0.39, 0.29) is 11.9 Å². The van der Waals surface area contributed by atoms with E-state index in [1.54, 1.807) is 11.3 Å². The van der Waals surface area contributed by atoms with Gasteiger partial charge in [0.2, 0.25) is 5.91 Å². The summed E-state index contributed by atoms with van der Waals surface area (Å²) in [6, 6.07) is 16.7. The molecule has 0 fully saturated rings. The zero-order valence-electron chi connectivity index (χ0n) is 15.7. The second-order valence-electron chi connectivity index (χ2n) is 6.34. The smallest absolute Gasteiger partial charge is 0.241 e. The monoisotopic (exact) mass is 381 g/mol. The number of aryl methyl sites for hydroxylation is 1. The van der Waals surface area contributed by atoms with Crippen molar-refractivity contribution in [1.82, 2.24) is 9.88 Å². The van der Waals surface area contributed by atoms with E-state index in [2.05, 4.69) is 10.3 Å². The van der Waals surface area contributed by atoms with Gasteiger partial charge in [-0.1, -0.05) is 30.3 Å². The average molecular weight is 382 g/mol. The van der Waals surface area contributed by atoms with Crippen LogP contribution in [0.4, 0.5) is 5.69 Å². The van der Waals surface area contributed by atoms with Crippen LogP contribution in [0.25, 0.3) is 0 Å². The van der Waals surface area contributed by atoms with Crippen LogP contribution < -0.4 is 10.1 Å². The molecule has 0 aliphatic rings. The molecule has 5 nitrogen and oxygen atoms in total. The van der Waals surface area contributed by atoms with Gasteiger partial charge in [-0.25, -0.2) is 4.98 Å². The van der Waals surface area contributed by atoms with Crippen molar-refractivity contribution in [1.29, 1.82) is 0 Å². The molecule has 3 aromatic rings. The lowest BCUT2D eigenvalue weighted by Gasteiger charge is -2.23. The summed E-state index contributed by atoms with van der Waals surface area (Å²) in [5.74, 6) is 1.26. The number of thiazole rings is 1. The van der Waals surface area contributed by atoms with Gasteiger partial charge in [0.25, 0.3) is 0 Å². The van der Waals surface area contributed by atoms with E-state index in [1.807, 2.05) is 86.6 Å². The molecule has 2 aromatic carbocycles. The Hall–Kier alpha value is -2.70. The van der Waals surface area contributed by atoms with Crippen molar-refractivity contribution in [3.05, 3.63) is 70.7 Å². The van der Waals surface area contributed by atoms with Crippen LogP contribution in [0.2, 0.25) is 0 Å². The fourth-order valence-corrected chi connectivity index (χ4v) is 3.43. The van der Waals surface area contributed by atoms with Gasteiger partial charge < -0.3 is 10.1 Å². The number of nitrogens with zero attached hydrogens (tertiary/aromatic N) is 2. The highest BCUT2D eigenvalue weighted by Crippen LogP contribution is 2.29. The summed E-state index contributed by atoms with van der Waals surface area (Å²) in [6.07, 6.45) is 1.87. The molecular weight excluding hydrogens is 358 g/mol. The van der Waals surface area contributed by atoms with Crippen LogP contribution in [-0.2, 0) is 11.3 Å². The Morgan fingerprint density at radius 3 is 2.59 bits per heavy atom. The molecule has 1 amide bonds. The maximum atomic E-state index is 12.7. The van der Waals surface area contributed by atoms with E-state index >= 15 is 0 Å². The Morgan fingerprint density at radius 2 is 1.89 bits per heavy atom. The summed E-state index contributed by atoms with van der Waals surface area (Å²) in [4.78, 5) is 20.1. The van der Waals surface area contributed by atoms with Crippen LogP contribution in [0.3, 0.4) is 0 Å². The average Bonchev–Trinajstić information content (AvgIpc) is 3.08. The minimum Gasteiger partial charge on any atom is -0.455 e. The Bertz CT molecular complexity index is 895. The van der Waals surface area contributed by atoms with E-state index < -0.39 is 0 Å². The molecule has 1 atom stereocenters. The molecule has 0 bridgehead atoms. The summed E-state index contributed by atoms with van der Waals surface area (Å²) in [7, 11) is 1.94. The molecule has 0 aliphatic carbocycles. The maximum Gasteiger partial charge on any atom is 0.241 e. The Balaban J connectivity index is 1.66. The van der Waals surface area contributed by atoms with E-state index in [1.165, 1.54) is 0 Å². The first kappa shape index (κ1) is 19.1. The van der Waals surface area contributed by atoms with Gasteiger partial charge in [-0.15, -0.1) is 11.3 Å². The number of para-hydroxylation sites is 3. The third-order valence-electron chi connectivity index (χ3n) is 4.23. The first-order chi connectivity index (χ1) is 13.0. The number of likely N-dealkylation sites (N-methyl/N-ethyl adjacent to an activating group) is 1. The molecule has 1 heterocycles. The van der Waals surface area contributed by atoms with Crippen molar-refractivity contribution in [2.45, 2.75) is 26.4 Å². The van der Waals surface area contributed by atoms with Gasteiger partial charge in [-0.3, -0.25) is 9.69 Å². The van der Waals surface area contributed by atoms with Crippen molar-refractivity contribution in [3.63, 3.8) is 0 Å². The SMILES string of the molecule is Cc1ncc(CN(C)C(C)C(=O)Nc2ccccc2Oc2ccccc2)s1. The molecule has 0 spiro atoms. The van der Waals surface area contributed by atoms with Crippen molar-refractivity contribution >= 4 is 22.9 Å². The van der Waals surface area contributed by atoms with Gasteiger partial charge in [0, 0.05) is 17.6 Å². The van der Waals surface area contributed by atoms with E-state index in [9.17, 15) is 4.79 Å². The minimum atomic E-state index is -0.294. The van der Waals surface area contributed by atoms with Crippen LogP contribution in [0.15, 0.2) is 60.8 Å². The predicted octanol–water partition coefficient (Wildman–Crippen LogP) is 4.70.